The van der Waals surface area contributed by atoms with Gasteiger partial charge in [0.15, 0.2) is 0 Å². The first kappa shape index (κ1) is 14.4. The van der Waals surface area contributed by atoms with Crippen molar-refractivity contribution >= 4 is 45.1 Å². The number of nitrogens with zero attached hydrogens (tertiary/aromatic N) is 1. The number of hydrogen-bond acceptors (Lipinski definition) is 2. The molecule has 2 N–H and O–H groups in total. The summed E-state index contributed by atoms with van der Waals surface area (Å²) in [5.41, 5.74) is 6.02. The third-order valence-electron chi connectivity index (χ3n) is 2.63. The standard InChI is InChI=1S/C12H12Cl2N2O2S/c13-10-2-1-3-11(14)9(10)6-7-19(17,18)16-12(15)8-4-5-8/h1-3,6-8H,4-5H2,(H2,15,16)/b7-6+. The van der Waals surface area contributed by atoms with Gasteiger partial charge in [0.2, 0.25) is 0 Å². The smallest absolute Gasteiger partial charge is 0.277 e. The van der Waals surface area contributed by atoms with E-state index < -0.39 is 10.0 Å². The van der Waals surface area contributed by atoms with Crippen molar-refractivity contribution in [3.8, 4) is 0 Å². The highest BCUT2D eigenvalue weighted by Gasteiger charge is 2.26. The van der Waals surface area contributed by atoms with Crippen LogP contribution in [0.1, 0.15) is 18.4 Å². The van der Waals surface area contributed by atoms with Crippen LogP contribution >= 0.6 is 23.2 Å². The number of amidine groups is 1. The normalized spacial score (nSPS) is 17.1. The lowest BCUT2D eigenvalue weighted by molar-refractivity contribution is 0.606. The molecule has 19 heavy (non-hydrogen) atoms. The molecule has 0 heterocycles. The highest BCUT2D eigenvalue weighted by molar-refractivity contribution is 7.93. The molecule has 1 aromatic rings. The predicted octanol–water partition coefficient (Wildman–Crippen LogP) is 3.06. The molecule has 0 radical (unpaired) electrons. The third-order valence-corrected chi connectivity index (χ3v) is 4.24. The fourth-order valence-electron chi connectivity index (χ4n) is 1.45. The van der Waals surface area contributed by atoms with Gasteiger partial charge in [-0.05, 0) is 31.1 Å². The zero-order valence-electron chi connectivity index (χ0n) is 9.88. The Balaban J connectivity index is 2.24. The summed E-state index contributed by atoms with van der Waals surface area (Å²) in [6, 6.07) is 4.93. The molecule has 1 saturated carbocycles. The van der Waals surface area contributed by atoms with Crippen molar-refractivity contribution in [2.24, 2.45) is 16.0 Å². The molecular weight excluding hydrogens is 307 g/mol. The average molecular weight is 319 g/mol. The molecule has 1 aliphatic carbocycles. The van der Waals surface area contributed by atoms with E-state index in [1.54, 1.807) is 18.2 Å². The summed E-state index contributed by atoms with van der Waals surface area (Å²) in [6.45, 7) is 0. The summed E-state index contributed by atoms with van der Waals surface area (Å²) in [6.07, 6.45) is 3.11. The van der Waals surface area contributed by atoms with Crippen molar-refractivity contribution < 1.29 is 8.42 Å². The van der Waals surface area contributed by atoms with Gasteiger partial charge in [-0.2, -0.15) is 8.42 Å². The zero-order chi connectivity index (χ0) is 14.0. The SMILES string of the molecule is N/C(=N\S(=O)(=O)/C=C/c1c(Cl)cccc1Cl)C1CC1. The first-order valence-electron chi connectivity index (χ1n) is 5.61. The van der Waals surface area contributed by atoms with Gasteiger partial charge in [0.05, 0.1) is 5.41 Å². The molecule has 1 aliphatic rings. The van der Waals surface area contributed by atoms with E-state index in [-0.39, 0.29) is 11.8 Å². The Bertz CT molecular complexity index is 629. The van der Waals surface area contributed by atoms with E-state index in [1.165, 1.54) is 6.08 Å². The summed E-state index contributed by atoms with van der Waals surface area (Å²) in [5, 5.41) is 1.70. The van der Waals surface area contributed by atoms with Crippen molar-refractivity contribution in [2.75, 3.05) is 0 Å². The molecule has 1 fully saturated rings. The van der Waals surface area contributed by atoms with E-state index in [0.29, 0.717) is 15.6 Å². The van der Waals surface area contributed by atoms with Crippen molar-refractivity contribution in [2.45, 2.75) is 12.8 Å². The Morgan fingerprint density at radius 2 is 1.89 bits per heavy atom. The van der Waals surface area contributed by atoms with Gasteiger partial charge in [-0.15, -0.1) is 4.40 Å². The van der Waals surface area contributed by atoms with Gasteiger partial charge in [-0.3, -0.25) is 0 Å². The first-order valence-corrected chi connectivity index (χ1v) is 7.87. The van der Waals surface area contributed by atoms with Crippen LogP contribution in [0.4, 0.5) is 0 Å². The van der Waals surface area contributed by atoms with Gasteiger partial charge in [-0.1, -0.05) is 29.3 Å². The second-order valence-corrected chi connectivity index (χ2v) is 6.54. The molecule has 7 heteroatoms. The number of benzene rings is 1. The van der Waals surface area contributed by atoms with Crippen molar-refractivity contribution in [3.63, 3.8) is 0 Å². The maximum absolute atomic E-state index is 11.7. The Labute approximate surface area is 122 Å². The minimum absolute atomic E-state index is 0.104. The van der Waals surface area contributed by atoms with Gasteiger partial charge in [-0.25, -0.2) is 0 Å². The summed E-state index contributed by atoms with van der Waals surface area (Å²) >= 11 is 11.9. The number of hydrogen-bond donors (Lipinski definition) is 1. The lowest BCUT2D eigenvalue weighted by Gasteiger charge is -2.00. The number of halogens is 2. The van der Waals surface area contributed by atoms with Crippen LogP contribution in [0.3, 0.4) is 0 Å². The average Bonchev–Trinajstić information content (AvgIpc) is 3.11. The van der Waals surface area contributed by atoms with Crippen molar-refractivity contribution in [1.82, 2.24) is 0 Å². The molecule has 1 aromatic carbocycles. The second kappa shape index (κ2) is 5.53. The van der Waals surface area contributed by atoms with E-state index in [2.05, 4.69) is 4.40 Å². The molecule has 0 spiro atoms. The van der Waals surface area contributed by atoms with Gasteiger partial charge in [0.25, 0.3) is 10.0 Å². The largest absolute Gasteiger partial charge is 0.386 e. The monoisotopic (exact) mass is 318 g/mol. The molecule has 0 aliphatic heterocycles. The van der Waals surface area contributed by atoms with Crippen LogP contribution < -0.4 is 5.73 Å². The minimum Gasteiger partial charge on any atom is -0.386 e. The first-order chi connectivity index (χ1) is 8.89. The van der Waals surface area contributed by atoms with Crippen LogP contribution in [0.2, 0.25) is 10.0 Å². The maximum atomic E-state index is 11.7. The molecule has 0 saturated heterocycles. The van der Waals surface area contributed by atoms with Crippen LogP contribution in [0, 0.1) is 5.92 Å². The van der Waals surface area contributed by atoms with E-state index in [1.807, 2.05) is 0 Å². The molecule has 0 unspecified atom stereocenters. The predicted molar refractivity (Wildman–Crippen MR) is 78.8 cm³/mol. The van der Waals surface area contributed by atoms with Gasteiger partial charge < -0.3 is 5.73 Å². The van der Waals surface area contributed by atoms with Crippen LogP contribution in [0.5, 0.6) is 0 Å². The van der Waals surface area contributed by atoms with Crippen molar-refractivity contribution in [1.29, 1.82) is 0 Å². The van der Waals surface area contributed by atoms with Crippen LogP contribution in [0.15, 0.2) is 28.0 Å². The highest BCUT2D eigenvalue weighted by atomic mass is 35.5. The topological polar surface area (TPSA) is 72.5 Å². The second-order valence-electron chi connectivity index (χ2n) is 4.24. The number of rotatable bonds is 4. The molecule has 102 valence electrons. The van der Waals surface area contributed by atoms with Crippen LogP contribution in [-0.4, -0.2) is 14.3 Å². The Morgan fingerprint density at radius 1 is 1.32 bits per heavy atom. The summed E-state index contributed by atoms with van der Waals surface area (Å²) in [4.78, 5) is 0. The zero-order valence-corrected chi connectivity index (χ0v) is 12.2. The van der Waals surface area contributed by atoms with Crippen LogP contribution in [0.25, 0.3) is 6.08 Å². The Kier molecular flexibility index (Phi) is 4.18. The molecule has 0 atom stereocenters. The van der Waals surface area contributed by atoms with Crippen LogP contribution in [-0.2, 0) is 10.0 Å². The summed E-state index contributed by atoms with van der Waals surface area (Å²) < 4.78 is 27.0. The molecule has 4 nitrogen and oxygen atoms in total. The van der Waals surface area contributed by atoms with E-state index >= 15 is 0 Å². The molecule has 2 rings (SSSR count). The number of nitrogens with two attached hydrogens (primary N) is 1. The van der Waals surface area contributed by atoms with E-state index in [9.17, 15) is 8.42 Å². The molecule has 0 aromatic heterocycles. The van der Waals surface area contributed by atoms with Gasteiger partial charge >= 0.3 is 0 Å². The van der Waals surface area contributed by atoms with Crippen molar-refractivity contribution in [3.05, 3.63) is 39.2 Å². The lowest BCUT2D eigenvalue weighted by atomic mass is 10.2. The fraction of sp³-hybridized carbons (Fsp3) is 0.250. The fourth-order valence-corrected chi connectivity index (χ4v) is 2.79. The molecule has 0 amide bonds. The van der Waals surface area contributed by atoms with Gasteiger partial charge in [0, 0.05) is 21.5 Å². The summed E-state index contributed by atoms with van der Waals surface area (Å²) in [7, 11) is -3.75. The lowest BCUT2D eigenvalue weighted by Crippen LogP contribution is -2.15. The van der Waals surface area contributed by atoms with E-state index in [0.717, 1.165) is 18.2 Å². The van der Waals surface area contributed by atoms with Gasteiger partial charge in [0.1, 0.15) is 5.84 Å². The molecular formula is C12H12Cl2N2O2S. The Hall–Kier alpha value is -1.04. The molecule has 0 bridgehead atoms. The summed E-state index contributed by atoms with van der Waals surface area (Å²) in [5.74, 6) is 0.266. The Morgan fingerprint density at radius 3 is 2.42 bits per heavy atom. The highest BCUT2D eigenvalue weighted by Crippen LogP contribution is 2.29. The van der Waals surface area contributed by atoms with E-state index in [4.69, 9.17) is 28.9 Å². The number of sulfonamides is 1. The minimum atomic E-state index is -3.75. The maximum Gasteiger partial charge on any atom is 0.277 e. The quantitative estimate of drug-likeness (QED) is 0.685. The third kappa shape index (κ3) is 3.96.